The number of halogens is 3. The van der Waals surface area contributed by atoms with Crippen LogP contribution >= 0.6 is 51.7 Å². The SMILES string of the molecule is Cl.O=C(O)C1=CCS[C@@H]2N1C(=O)[C@]2(N=C1CCCCC1)[C@H](Cl)Br. The number of aliphatic carboxylic acids is 1. The van der Waals surface area contributed by atoms with Crippen molar-refractivity contribution in [1.82, 2.24) is 4.90 Å². The molecule has 1 amide bonds. The van der Waals surface area contributed by atoms with Crippen LogP contribution in [0.25, 0.3) is 0 Å². The number of carboxylic acids is 1. The Morgan fingerprint density at radius 3 is 2.70 bits per heavy atom. The number of β-lactam (4-membered cyclic amide) rings is 1. The number of carbonyl (C=O) groups excluding carboxylic acids is 1. The molecule has 0 aromatic carbocycles. The molecular formula is C14H17BrCl2N2O3S. The van der Waals surface area contributed by atoms with E-state index in [1.807, 2.05) is 0 Å². The van der Waals surface area contributed by atoms with Crippen LogP contribution in [-0.2, 0) is 9.59 Å². The van der Waals surface area contributed by atoms with E-state index in [-0.39, 0.29) is 29.4 Å². The van der Waals surface area contributed by atoms with Crippen molar-refractivity contribution in [3.8, 4) is 0 Å². The average Bonchev–Trinajstić information content (AvgIpc) is 2.52. The number of fused-ring (bicyclic) bond motifs is 1. The van der Waals surface area contributed by atoms with Gasteiger partial charge in [-0.05, 0) is 31.8 Å². The largest absolute Gasteiger partial charge is 0.477 e. The summed E-state index contributed by atoms with van der Waals surface area (Å²) in [5.74, 6) is -0.870. The first-order valence-corrected chi connectivity index (χ1v) is 9.63. The van der Waals surface area contributed by atoms with Crippen molar-refractivity contribution >= 4 is 69.3 Å². The summed E-state index contributed by atoms with van der Waals surface area (Å²) in [6.07, 6.45) is 6.71. The van der Waals surface area contributed by atoms with E-state index in [1.165, 1.54) is 23.1 Å². The molecular weight excluding hydrogens is 427 g/mol. The van der Waals surface area contributed by atoms with Gasteiger partial charge in [0.25, 0.3) is 5.91 Å². The Morgan fingerprint density at radius 2 is 2.13 bits per heavy atom. The van der Waals surface area contributed by atoms with E-state index in [0.29, 0.717) is 5.75 Å². The average molecular weight is 444 g/mol. The topological polar surface area (TPSA) is 70.0 Å². The normalized spacial score (nSPS) is 31.3. The first-order valence-electron chi connectivity index (χ1n) is 7.23. The molecule has 1 N–H and O–H groups in total. The summed E-state index contributed by atoms with van der Waals surface area (Å²) >= 11 is 11.1. The Bertz CT molecular complexity index is 576. The Morgan fingerprint density at radius 1 is 1.48 bits per heavy atom. The van der Waals surface area contributed by atoms with Gasteiger partial charge < -0.3 is 5.11 Å². The van der Waals surface area contributed by atoms with Crippen molar-refractivity contribution < 1.29 is 14.7 Å². The molecule has 1 saturated heterocycles. The molecule has 0 bridgehead atoms. The van der Waals surface area contributed by atoms with Crippen LogP contribution in [-0.4, -0.2) is 48.5 Å². The lowest BCUT2D eigenvalue weighted by Gasteiger charge is -2.55. The molecule has 3 rings (SSSR count). The molecule has 2 aliphatic heterocycles. The zero-order chi connectivity index (χ0) is 15.9. The van der Waals surface area contributed by atoms with E-state index in [2.05, 4.69) is 15.9 Å². The first kappa shape index (κ1) is 19.1. The number of carboxylic acid groups (broad SMARTS) is 1. The predicted octanol–water partition coefficient (Wildman–Crippen LogP) is 3.40. The molecule has 2 heterocycles. The molecule has 3 aliphatic rings. The van der Waals surface area contributed by atoms with Gasteiger partial charge in [-0.25, -0.2) is 4.79 Å². The van der Waals surface area contributed by atoms with Crippen LogP contribution in [0, 0.1) is 0 Å². The van der Waals surface area contributed by atoms with E-state index in [9.17, 15) is 14.7 Å². The summed E-state index contributed by atoms with van der Waals surface area (Å²) in [5.41, 5.74) is -0.0252. The lowest BCUT2D eigenvalue weighted by molar-refractivity contribution is -0.153. The monoisotopic (exact) mass is 442 g/mol. The first-order chi connectivity index (χ1) is 10.5. The molecule has 5 nitrogen and oxygen atoms in total. The number of nitrogens with zero attached hydrogens (tertiary/aromatic N) is 2. The van der Waals surface area contributed by atoms with Gasteiger partial charge in [0, 0.05) is 11.5 Å². The van der Waals surface area contributed by atoms with Crippen LogP contribution in [0.1, 0.15) is 32.1 Å². The minimum Gasteiger partial charge on any atom is -0.477 e. The van der Waals surface area contributed by atoms with Crippen molar-refractivity contribution in [1.29, 1.82) is 0 Å². The molecule has 1 aliphatic carbocycles. The molecule has 0 aromatic rings. The van der Waals surface area contributed by atoms with Gasteiger partial charge in [-0.2, -0.15) is 0 Å². The third-order valence-electron chi connectivity index (χ3n) is 4.29. The lowest BCUT2D eigenvalue weighted by atomic mass is 9.87. The van der Waals surface area contributed by atoms with Gasteiger partial charge in [0.1, 0.15) is 15.4 Å². The van der Waals surface area contributed by atoms with Crippen LogP contribution in [0.15, 0.2) is 16.8 Å². The van der Waals surface area contributed by atoms with E-state index >= 15 is 0 Å². The molecule has 0 radical (unpaired) electrons. The molecule has 128 valence electrons. The van der Waals surface area contributed by atoms with Crippen molar-refractivity contribution in [3.05, 3.63) is 11.8 Å². The lowest BCUT2D eigenvalue weighted by Crippen LogP contribution is -2.75. The van der Waals surface area contributed by atoms with Crippen molar-refractivity contribution in [2.24, 2.45) is 4.99 Å². The second-order valence-electron chi connectivity index (χ2n) is 5.62. The van der Waals surface area contributed by atoms with E-state index < -0.39 is 15.8 Å². The maximum Gasteiger partial charge on any atom is 0.352 e. The summed E-state index contributed by atoms with van der Waals surface area (Å²) in [6, 6.07) is 0. The van der Waals surface area contributed by atoms with Crippen LogP contribution in [0.2, 0.25) is 0 Å². The number of aliphatic imine (C=N–C) groups is 1. The van der Waals surface area contributed by atoms with Crippen molar-refractivity contribution in [3.63, 3.8) is 0 Å². The highest BCUT2D eigenvalue weighted by atomic mass is 79.9. The summed E-state index contributed by atoms with van der Waals surface area (Å²) in [7, 11) is 0. The zero-order valence-corrected chi connectivity index (χ0v) is 16.2. The molecule has 3 atom stereocenters. The Labute approximate surface area is 158 Å². The second kappa shape index (κ2) is 7.33. The summed E-state index contributed by atoms with van der Waals surface area (Å²) in [4.78, 5) is 30.1. The number of alkyl halides is 2. The second-order valence-corrected chi connectivity index (χ2v) is 8.61. The Hall–Kier alpha value is -0.240. The van der Waals surface area contributed by atoms with Gasteiger partial charge in [0.15, 0.2) is 5.54 Å². The van der Waals surface area contributed by atoms with Gasteiger partial charge in [0.2, 0.25) is 0 Å². The molecule has 9 heteroatoms. The third-order valence-corrected chi connectivity index (χ3v) is 6.56. The van der Waals surface area contributed by atoms with Crippen LogP contribution in [0.4, 0.5) is 0 Å². The van der Waals surface area contributed by atoms with Gasteiger partial charge in [0.05, 0.1) is 0 Å². The van der Waals surface area contributed by atoms with Crippen LogP contribution in [0.3, 0.4) is 0 Å². The standard InChI is InChI=1S/C14H16BrClN2O3S.ClH/c15-11(16)14(17-8-4-2-1-3-5-8)12(21)18-9(10(19)20)6-7-22-13(14)18;/h6,11,13H,1-5,7H2,(H,19,20);1H/t11-,13-,14+;/m0./s1. The fraction of sp³-hybridized carbons (Fsp3) is 0.643. The molecule has 23 heavy (non-hydrogen) atoms. The number of carbonyl (C=O) groups is 2. The fourth-order valence-electron chi connectivity index (χ4n) is 3.17. The highest BCUT2D eigenvalue weighted by molar-refractivity contribution is 9.10. The van der Waals surface area contributed by atoms with Crippen LogP contribution < -0.4 is 0 Å². The maximum atomic E-state index is 12.7. The summed E-state index contributed by atoms with van der Waals surface area (Å²) < 4.78 is -0.649. The number of rotatable bonds is 3. The van der Waals surface area contributed by atoms with E-state index in [1.54, 1.807) is 6.08 Å². The molecule has 0 unspecified atom stereocenters. The van der Waals surface area contributed by atoms with E-state index in [4.69, 9.17) is 16.6 Å². The maximum absolute atomic E-state index is 12.7. The highest BCUT2D eigenvalue weighted by Gasteiger charge is 2.67. The van der Waals surface area contributed by atoms with Crippen molar-refractivity contribution in [2.75, 3.05) is 5.75 Å². The number of hydrogen-bond donors (Lipinski definition) is 1. The van der Waals surface area contributed by atoms with E-state index in [0.717, 1.165) is 31.4 Å². The highest BCUT2D eigenvalue weighted by Crippen LogP contribution is 2.51. The number of thioether (sulfide) groups is 1. The quantitative estimate of drug-likeness (QED) is 0.536. The number of amides is 1. The third kappa shape index (κ3) is 3.05. The zero-order valence-electron chi connectivity index (χ0n) is 12.2. The van der Waals surface area contributed by atoms with Crippen molar-refractivity contribution in [2.45, 2.75) is 47.3 Å². The van der Waals surface area contributed by atoms with Gasteiger partial charge in [-0.1, -0.05) is 22.4 Å². The van der Waals surface area contributed by atoms with Gasteiger partial charge in [-0.15, -0.1) is 35.8 Å². The minimum atomic E-state index is -1.09. The Balaban J connectivity index is 0.00000192. The minimum absolute atomic E-state index is 0. The number of hydrogen-bond acceptors (Lipinski definition) is 4. The molecule has 1 saturated carbocycles. The molecule has 0 spiro atoms. The summed E-state index contributed by atoms with van der Waals surface area (Å²) in [5, 5.41) is 8.90. The Kier molecular flexibility index (Phi) is 6.09. The van der Waals surface area contributed by atoms with Crippen LogP contribution in [0.5, 0.6) is 0 Å². The fourth-order valence-corrected chi connectivity index (χ4v) is 5.56. The predicted molar refractivity (Wildman–Crippen MR) is 97.9 cm³/mol. The van der Waals surface area contributed by atoms with Gasteiger partial charge >= 0.3 is 5.97 Å². The summed E-state index contributed by atoms with van der Waals surface area (Å²) in [6.45, 7) is 0. The van der Waals surface area contributed by atoms with Gasteiger partial charge in [-0.3, -0.25) is 14.7 Å². The molecule has 0 aromatic heterocycles. The smallest absolute Gasteiger partial charge is 0.352 e. The molecule has 2 fully saturated rings.